The molecule has 5 heteroatoms. The van der Waals surface area contributed by atoms with Gasteiger partial charge < -0.3 is 9.94 Å². The zero-order valence-electron chi connectivity index (χ0n) is 12.7. The maximum absolute atomic E-state index is 12.5. The van der Waals surface area contributed by atoms with Gasteiger partial charge in [-0.3, -0.25) is 4.79 Å². The molecule has 0 atom stereocenters. The van der Waals surface area contributed by atoms with Crippen molar-refractivity contribution in [1.29, 1.82) is 0 Å². The Morgan fingerprint density at radius 1 is 1.09 bits per heavy atom. The number of rotatable bonds is 4. The first-order valence-corrected chi connectivity index (χ1v) is 7.41. The van der Waals surface area contributed by atoms with Gasteiger partial charge in [0.05, 0.1) is 10.1 Å². The van der Waals surface area contributed by atoms with Crippen molar-refractivity contribution in [3.05, 3.63) is 81.7 Å². The average molecular weight is 308 g/mol. The Kier molecular flexibility index (Phi) is 3.93. The highest BCUT2D eigenvalue weighted by Gasteiger charge is 2.26. The summed E-state index contributed by atoms with van der Waals surface area (Å²) in [5, 5.41) is 12.3. The number of benzene rings is 2. The minimum Gasteiger partial charge on any atom is -0.805 e. The molecule has 3 aromatic rings. The summed E-state index contributed by atoms with van der Waals surface area (Å²) in [6.45, 7) is 1.50. The van der Waals surface area contributed by atoms with Crippen LogP contribution in [0.4, 0.5) is 0 Å². The van der Waals surface area contributed by atoms with Gasteiger partial charge in [-0.2, -0.15) is 0 Å². The molecule has 3 rings (SSSR count). The van der Waals surface area contributed by atoms with E-state index < -0.39 is 0 Å². The predicted octanol–water partition coefficient (Wildman–Crippen LogP) is 3.03. The summed E-state index contributed by atoms with van der Waals surface area (Å²) in [6, 6.07) is 16.0. The van der Waals surface area contributed by atoms with E-state index in [4.69, 9.17) is 0 Å². The molecule has 0 N–H and O–H groups in total. The second kappa shape index (κ2) is 6.04. The molecule has 0 aliphatic carbocycles. The van der Waals surface area contributed by atoms with Crippen molar-refractivity contribution in [2.45, 2.75) is 19.8 Å². The van der Waals surface area contributed by atoms with E-state index in [9.17, 15) is 14.9 Å². The highest BCUT2D eigenvalue weighted by Crippen LogP contribution is 2.15. The summed E-state index contributed by atoms with van der Waals surface area (Å²) in [4.78, 5) is 25.0. The van der Waals surface area contributed by atoms with E-state index in [2.05, 4.69) is 0 Å². The zero-order chi connectivity index (χ0) is 16.4. The van der Waals surface area contributed by atoms with Gasteiger partial charge in [-0.05, 0) is 25.0 Å². The average Bonchev–Trinajstić information content (AvgIpc) is 2.59. The molecule has 116 valence electrons. The van der Waals surface area contributed by atoms with Gasteiger partial charge in [0.1, 0.15) is 5.52 Å². The Morgan fingerprint density at radius 2 is 1.74 bits per heavy atom. The molecule has 5 nitrogen and oxygen atoms in total. The molecule has 0 fully saturated rings. The number of aromatic nitrogens is 2. The van der Waals surface area contributed by atoms with Crippen molar-refractivity contribution in [1.82, 2.24) is 4.73 Å². The molecule has 0 radical (unpaired) electrons. The molecule has 0 aliphatic rings. The van der Waals surface area contributed by atoms with Gasteiger partial charge in [0.15, 0.2) is 0 Å². The highest BCUT2D eigenvalue weighted by atomic mass is 16.5. The lowest BCUT2D eigenvalue weighted by molar-refractivity contribution is -0.468. The topological polar surface area (TPSA) is 68.0 Å². The standard InChI is InChI=1S/C18H16N2O3/c1-13-18(17(21)12-11-14-7-3-2-4-8-14)20(23)16-10-6-5-9-15(16)19(13)22/h2-10H,11-12H2,1H3. The van der Waals surface area contributed by atoms with E-state index in [1.165, 1.54) is 6.92 Å². The summed E-state index contributed by atoms with van der Waals surface area (Å²) < 4.78 is 1.23. The van der Waals surface area contributed by atoms with Gasteiger partial charge in [-0.25, -0.2) is 0 Å². The van der Waals surface area contributed by atoms with E-state index in [0.29, 0.717) is 15.6 Å². The van der Waals surface area contributed by atoms with Crippen molar-refractivity contribution in [2.24, 2.45) is 0 Å². The van der Waals surface area contributed by atoms with Crippen LogP contribution in [0.25, 0.3) is 11.0 Å². The zero-order valence-corrected chi connectivity index (χ0v) is 12.7. The molecule has 0 unspecified atom stereocenters. The molecular formula is C18H16N2O3. The Bertz CT molecular complexity index is 930. The number of hydrogen-bond donors (Lipinski definition) is 0. The van der Waals surface area contributed by atoms with Crippen molar-refractivity contribution < 1.29 is 9.22 Å². The first-order valence-electron chi connectivity index (χ1n) is 7.41. The molecule has 0 spiro atoms. The van der Waals surface area contributed by atoms with Gasteiger partial charge in [-0.15, -0.1) is 0 Å². The number of carbonyl (C=O) groups is 1. The SMILES string of the molecule is Cc1c(C(=O)CCc2ccccc2)[n+](=O)c2ccccc2n1[O-]. The van der Waals surface area contributed by atoms with Gasteiger partial charge in [0, 0.05) is 17.4 Å². The molecule has 0 saturated carbocycles. The van der Waals surface area contributed by atoms with Crippen LogP contribution in [0.3, 0.4) is 0 Å². The van der Waals surface area contributed by atoms with Gasteiger partial charge in [-0.1, -0.05) is 42.5 Å². The number of hydrogen-bond acceptors (Lipinski definition) is 3. The molecule has 0 aliphatic heterocycles. The van der Waals surface area contributed by atoms with E-state index >= 15 is 0 Å². The third-order valence-electron chi connectivity index (χ3n) is 3.92. The number of ketones is 1. The maximum Gasteiger partial charge on any atom is 0.324 e. The lowest BCUT2D eigenvalue weighted by Gasteiger charge is -2.15. The van der Waals surface area contributed by atoms with Crippen LogP contribution in [0.1, 0.15) is 28.2 Å². The number of para-hydroxylation sites is 2. The Morgan fingerprint density at radius 3 is 2.48 bits per heavy atom. The number of Topliss-reactive ketones (excluding diaryl/α,β-unsaturated/α-hetero) is 1. The van der Waals surface area contributed by atoms with Crippen LogP contribution < -0.4 is 4.43 Å². The van der Waals surface area contributed by atoms with E-state index in [1.54, 1.807) is 24.3 Å². The largest absolute Gasteiger partial charge is 0.805 e. The minimum absolute atomic E-state index is 0.0744. The van der Waals surface area contributed by atoms with Crippen LogP contribution in [-0.2, 0) is 6.42 Å². The number of carbonyl (C=O) groups excluding carboxylic acids is 1. The van der Waals surface area contributed by atoms with Gasteiger partial charge >= 0.3 is 5.69 Å². The fourth-order valence-electron chi connectivity index (χ4n) is 2.69. The van der Waals surface area contributed by atoms with Gasteiger partial charge in [0.2, 0.25) is 5.78 Å². The maximum atomic E-state index is 12.5. The Hall–Kier alpha value is -2.95. The fourth-order valence-corrected chi connectivity index (χ4v) is 2.69. The van der Waals surface area contributed by atoms with Crippen LogP contribution in [0.5, 0.6) is 0 Å². The summed E-state index contributed by atoms with van der Waals surface area (Å²) in [7, 11) is 0. The van der Waals surface area contributed by atoms with Crippen LogP contribution in [0.15, 0.2) is 54.6 Å². The number of fused-ring (bicyclic) bond motifs is 1. The van der Waals surface area contributed by atoms with E-state index in [1.807, 2.05) is 30.3 Å². The predicted molar refractivity (Wildman–Crippen MR) is 87.9 cm³/mol. The second-order valence-corrected chi connectivity index (χ2v) is 5.42. The lowest BCUT2D eigenvalue weighted by Crippen LogP contribution is -2.30. The first kappa shape index (κ1) is 15.0. The van der Waals surface area contributed by atoms with Crippen LogP contribution in [0, 0.1) is 17.0 Å². The number of aryl methyl sites for hydroxylation is 1. The van der Waals surface area contributed by atoms with Crippen molar-refractivity contribution in [2.75, 3.05) is 0 Å². The third kappa shape index (κ3) is 2.73. The first-order chi connectivity index (χ1) is 11.1. The second-order valence-electron chi connectivity index (χ2n) is 5.42. The molecule has 23 heavy (non-hydrogen) atoms. The fraction of sp³-hybridized carbons (Fsp3) is 0.167. The van der Waals surface area contributed by atoms with Crippen molar-refractivity contribution >= 4 is 16.8 Å². The van der Waals surface area contributed by atoms with Crippen LogP contribution in [0.2, 0.25) is 0 Å². The van der Waals surface area contributed by atoms with Crippen molar-refractivity contribution in [3.63, 3.8) is 0 Å². The van der Waals surface area contributed by atoms with Gasteiger partial charge in [0.25, 0.3) is 5.52 Å². The van der Waals surface area contributed by atoms with E-state index in [-0.39, 0.29) is 34.6 Å². The van der Waals surface area contributed by atoms with E-state index in [0.717, 1.165) is 5.56 Å². The lowest BCUT2D eigenvalue weighted by atomic mass is 10.0. The molecule has 1 aromatic heterocycles. The summed E-state index contributed by atoms with van der Waals surface area (Å²) >= 11 is 0. The summed E-state index contributed by atoms with van der Waals surface area (Å²) in [5.74, 6) is -0.322. The molecule has 2 aromatic carbocycles. The quantitative estimate of drug-likeness (QED) is 0.549. The number of nitrogens with zero attached hydrogens (tertiary/aromatic N) is 2. The summed E-state index contributed by atoms with van der Waals surface area (Å²) in [5.41, 5.74) is 1.55. The van der Waals surface area contributed by atoms with Crippen LogP contribution in [-0.4, -0.2) is 10.5 Å². The minimum atomic E-state index is -0.322. The van der Waals surface area contributed by atoms with Crippen molar-refractivity contribution in [3.8, 4) is 0 Å². The highest BCUT2D eigenvalue weighted by molar-refractivity contribution is 5.95. The molecule has 1 heterocycles. The smallest absolute Gasteiger partial charge is 0.324 e. The molecule has 0 bridgehead atoms. The molecule has 0 amide bonds. The Labute approximate surface area is 133 Å². The normalized spacial score (nSPS) is 10.8. The molecule has 0 saturated heterocycles. The third-order valence-corrected chi connectivity index (χ3v) is 3.92. The van der Waals surface area contributed by atoms with Crippen LogP contribution >= 0.6 is 0 Å². The molecular weight excluding hydrogens is 292 g/mol. The Balaban J connectivity index is 1.99. The summed E-state index contributed by atoms with van der Waals surface area (Å²) in [6.07, 6.45) is 0.718. The monoisotopic (exact) mass is 308 g/mol.